The lowest BCUT2D eigenvalue weighted by molar-refractivity contribution is 0.198. The molecule has 0 bridgehead atoms. The summed E-state index contributed by atoms with van der Waals surface area (Å²) < 4.78 is 26.0. The molecule has 1 rings (SSSR count). The van der Waals surface area contributed by atoms with Crippen LogP contribution in [0.4, 0.5) is 0 Å². The highest BCUT2D eigenvalue weighted by Gasteiger charge is 2.17. The summed E-state index contributed by atoms with van der Waals surface area (Å²) in [6.45, 7) is 3.08. The Bertz CT molecular complexity index is 544. The minimum absolute atomic E-state index is 0.0399. The molecule has 0 saturated heterocycles. The summed E-state index contributed by atoms with van der Waals surface area (Å²) in [5.74, 6) is 0. The van der Waals surface area contributed by atoms with Crippen LogP contribution in [0.2, 0.25) is 0 Å². The highest BCUT2D eigenvalue weighted by molar-refractivity contribution is 7.89. The van der Waals surface area contributed by atoms with Gasteiger partial charge in [-0.1, -0.05) is 0 Å². The standard InChI is InChI=1S/C11H14N2O3S/c1-8-5-10(6-12)3-4-11(8)17(15,16)13-7-9(2)14/h3-5,9,13-14H,7H2,1-2H3/t9-/m1/s1. The number of hydrogen-bond acceptors (Lipinski definition) is 4. The van der Waals surface area contributed by atoms with Gasteiger partial charge in [0.15, 0.2) is 0 Å². The van der Waals surface area contributed by atoms with Gasteiger partial charge in [-0.15, -0.1) is 0 Å². The predicted octanol–water partition coefficient (Wildman–Crippen LogP) is 0.526. The molecule has 1 atom stereocenters. The number of aliphatic hydroxyl groups is 1. The average Bonchev–Trinajstić information content (AvgIpc) is 2.26. The number of aliphatic hydroxyl groups excluding tert-OH is 1. The van der Waals surface area contributed by atoms with Gasteiger partial charge in [0, 0.05) is 6.54 Å². The summed E-state index contributed by atoms with van der Waals surface area (Å²) in [7, 11) is -3.63. The molecule has 0 aliphatic carbocycles. The summed E-state index contributed by atoms with van der Waals surface area (Å²) in [6.07, 6.45) is -0.747. The first-order valence-corrected chi connectivity index (χ1v) is 6.53. The van der Waals surface area contributed by atoms with Crippen molar-refractivity contribution in [2.24, 2.45) is 0 Å². The quantitative estimate of drug-likeness (QED) is 0.820. The fraction of sp³-hybridized carbons (Fsp3) is 0.364. The highest BCUT2D eigenvalue weighted by Crippen LogP contribution is 2.16. The summed E-state index contributed by atoms with van der Waals surface area (Å²) in [5.41, 5.74) is 0.916. The van der Waals surface area contributed by atoms with E-state index >= 15 is 0 Å². The number of hydrogen-bond donors (Lipinski definition) is 2. The van der Waals surface area contributed by atoms with Gasteiger partial charge in [-0.25, -0.2) is 13.1 Å². The number of nitrogens with one attached hydrogen (secondary N) is 1. The van der Waals surface area contributed by atoms with Crippen molar-refractivity contribution in [1.29, 1.82) is 5.26 Å². The van der Waals surface area contributed by atoms with Gasteiger partial charge in [-0.3, -0.25) is 0 Å². The van der Waals surface area contributed by atoms with Crippen LogP contribution < -0.4 is 4.72 Å². The number of sulfonamides is 1. The Morgan fingerprint density at radius 3 is 2.65 bits per heavy atom. The van der Waals surface area contributed by atoms with E-state index in [1.54, 1.807) is 6.92 Å². The largest absolute Gasteiger partial charge is 0.392 e. The molecule has 92 valence electrons. The van der Waals surface area contributed by atoms with Crippen LogP contribution in [0.15, 0.2) is 23.1 Å². The number of benzene rings is 1. The number of nitrogens with zero attached hydrogens (tertiary/aromatic N) is 1. The maximum Gasteiger partial charge on any atom is 0.240 e. The van der Waals surface area contributed by atoms with Gasteiger partial charge < -0.3 is 5.11 Å². The first-order valence-electron chi connectivity index (χ1n) is 5.05. The third kappa shape index (κ3) is 3.53. The lowest BCUT2D eigenvalue weighted by Crippen LogP contribution is -2.31. The summed E-state index contributed by atoms with van der Waals surface area (Å²) in [4.78, 5) is 0.122. The van der Waals surface area contributed by atoms with Gasteiger partial charge in [-0.05, 0) is 37.6 Å². The second kappa shape index (κ2) is 5.27. The zero-order valence-corrected chi connectivity index (χ0v) is 10.5. The Balaban J connectivity index is 3.04. The molecule has 0 fully saturated rings. The molecule has 17 heavy (non-hydrogen) atoms. The van der Waals surface area contributed by atoms with Crippen LogP contribution in [-0.4, -0.2) is 26.2 Å². The first kappa shape index (κ1) is 13.6. The van der Waals surface area contributed by atoms with E-state index < -0.39 is 16.1 Å². The smallest absolute Gasteiger partial charge is 0.240 e. The molecular weight excluding hydrogens is 240 g/mol. The molecule has 2 N–H and O–H groups in total. The molecule has 6 heteroatoms. The number of nitriles is 1. The van der Waals surface area contributed by atoms with Gasteiger partial charge in [0.1, 0.15) is 0 Å². The van der Waals surface area contributed by atoms with E-state index in [2.05, 4.69) is 4.72 Å². The average molecular weight is 254 g/mol. The van der Waals surface area contributed by atoms with Gasteiger partial charge in [0.25, 0.3) is 0 Å². The topological polar surface area (TPSA) is 90.2 Å². The second-order valence-corrected chi connectivity index (χ2v) is 5.53. The monoisotopic (exact) mass is 254 g/mol. The fourth-order valence-electron chi connectivity index (χ4n) is 1.33. The molecule has 0 unspecified atom stereocenters. The maximum absolute atomic E-state index is 11.9. The van der Waals surface area contributed by atoms with Crippen molar-refractivity contribution in [1.82, 2.24) is 4.72 Å². The van der Waals surface area contributed by atoms with Crippen LogP contribution in [0.1, 0.15) is 18.1 Å². The van der Waals surface area contributed by atoms with Crippen LogP contribution >= 0.6 is 0 Å². The Labute approximate surface area is 101 Å². The maximum atomic E-state index is 11.9. The Hall–Kier alpha value is -1.42. The SMILES string of the molecule is Cc1cc(C#N)ccc1S(=O)(=O)NC[C@@H](C)O. The van der Waals surface area contributed by atoms with Gasteiger partial charge >= 0.3 is 0 Å². The summed E-state index contributed by atoms with van der Waals surface area (Å²) in [5, 5.41) is 17.7. The molecule has 0 heterocycles. The van der Waals surface area contributed by atoms with Gasteiger partial charge in [-0.2, -0.15) is 5.26 Å². The zero-order chi connectivity index (χ0) is 13.1. The predicted molar refractivity (Wildman–Crippen MR) is 62.8 cm³/mol. The molecule has 0 aliphatic rings. The van der Waals surface area contributed by atoms with Crippen molar-refractivity contribution in [2.75, 3.05) is 6.54 Å². The minimum Gasteiger partial charge on any atom is -0.392 e. The molecular formula is C11H14N2O3S. The summed E-state index contributed by atoms with van der Waals surface area (Å²) in [6, 6.07) is 6.29. The number of rotatable bonds is 4. The van der Waals surface area contributed by atoms with E-state index in [-0.39, 0.29) is 11.4 Å². The van der Waals surface area contributed by atoms with Crippen molar-refractivity contribution >= 4 is 10.0 Å². The van der Waals surface area contributed by atoms with E-state index in [4.69, 9.17) is 10.4 Å². The third-order valence-electron chi connectivity index (χ3n) is 2.16. The lowest BCUT2D eigenvalue weighted by atomic mass is 10.2. The first-order chi connectivity index (χ1) is 7.86. The van der Waals surface area contributed by atoms with Crippen molar-refractivity contribution in [3.63, 3.8) is 0 Å². The molecule has 0 aliphatic heterocycles. The second-order valence-electron chi connectivity index (χ2n) is 3.79. The molecule has 0 radical (unpaired) electrons. The molecule has 0 amide bonds. The van der Waals surface area contributed by atoms with Crippen molar-refractivity contribution in [2.45, 2.75) is 24.8 Å². The van der Waals surface area contributed by atoms with Crippen LogP contribution in [0.25, 0.3) is 0 Å². The van der Waals surface area contributed by atoms with Crippen molar-refractivity contribution < 1.29 is 13.5 Å². The highest BCUT2D eigenvalue weighted by atomic mass is 32.2. The Morgan fingerprint density at radius 1 is 1.53 bits per heavy atom. The van der Waals surface area contributed by atoms with E-state index in [0.717, 1.165) is 0 Å². The molecule has 1 aromatic carbocycles. The third-order valence-corrected chi connectivity index (χ3v) is 3.75. The van der Waals surface area contributed by atoms with E-state index in [1.807, 2.05) is 6.07 Å². The molecule has 0 saturated carbocycles. The van der Waals surface area contributed by atoms with Crippen LogP contribution in [0.5, 0.6) is 0 Å². The summed E-state index contributed by atoms with van der Waals surface area (Å²) >= 11 is 0. The van der Waals surface area contributed by atoms with E-state index in [1.165, 1.54) is 25.1 Å². The van der Waals surface area contributed by atoms with Crippen LogP contribution in [0.3, 0.4) is 0 Å². The van der Waals surface area contributed by atoms with Crippen molar-refractivity contribution in [3.8, 4) is 6.07 Å². The van der Waals surface area contributed by atoms with E-state index in [0.29, 0.717) is 11.1 Å². The molecule has 0 spiro atoms. The van der Waals surface area contributed by atoms with Gasteiger partial charge in [0.05, 0.1) is 22.6 Å². The Morgan fingerprint density at radius 2 is 2.18 bits per heavy atom. The fourth-order valence-corrected chi connectivity index (χ4v) is 2.67. The molecule has 0 aromatic heterocycles. The van der Waals surface area contributed by atoms with Crippen molar-refractivity contribution in [3.05, 3.63) is 29.3 Å². The van der Waals surface area contributed by atoms with Crippen LogP contribution in [-0.2, 0) is 10.0 Å². The van der Waals surface area contributed by atoms with Gasteiger partial charge in [0.2, 0.25) is 10.0 Å². The lowest BCUT2D eigenvalue weighted by Gasteiger charge is -2.10. The molecule has 1 aromatic rings. The molecule has 5 nitrogen and oxygen atoms in total. The minimum atomic E-state index is -3.63. The number of aryl methyl sites for hydroxylation is 1. The van der Waals surface area contributed by atoms with Crippen LogP contribution in [0, 0.1) is 18.3 Å². The zero-order valence-electron chi connectivity index (χ0n) is 9.64. The Kier molecular flexibility index (Phi) is 4.23. The normalized spacial score (nSPS) is 13.1. The van der Waals surface area contributed by atoms with E-state index in [9.17, 15) is 8.42 Å².